The highest BCUT2D eigenvalue weighted by Gasteiger charge is 2.17. The van der Waals surface area contributed by atoms with Crippen LogP contribution in [0, 0.1) is 10.1 Å². The highest BCUT2D eigenvalue weighted by molar-refractivity contribution is 14.1. The summed E-state index contributed by atoms with van der Waals surface area (Å²) in [5, 5.41) is 20.0. The molecule has 0 heterocycles. The molecule has 0 spiro atoms. The predicted octanol–water partition coefficient (Wildman–Crippen LogP) is 2.10. The molecule has 7 heteroatoms. The average Bonchev–Trinajstić information content (AvgIpc) is 2.22. The van der Waals surface area contributed by atoms with Crippen molar-refractivity contribution in [3.8, 4) is 0 Å². The van der Waals surface area contributed by atoms with Crippen molar-refractivity contribution in [2.45, 2.75) is 6.92 Å². The van der Waals surface area contributed by atoms with Crippen LogP contribution in [0.3, 0.4) is 0 Å². The number of aliphatic hydroxyl groups excluding tert-OH is 1. The van der Waals surface area contributed by atoms with Crippen LogP contribution in [-0.4, -0.2) is 23.1 Å². The minimum Gasteiger partial charge on any atom is -0.507 e. The Morgan fingerprint density at radius 3 is 2.44 bits per heavy atom. The summed E-state index contributed by atoms with van der Waals surface area (Å²) in [7, 11) is 1.12. The number of halogens is 1. The van der Waals surface area contributed by atoms with Gasteiger partial charge in [-0.15, -0.1) is 0 Å². The number of methoxy groups -OCH3 is 1. The van der Waals surface area contributed by atoms with E-state index in [0.717, 1.165) is 13.2 Å². The van der Waals surface area contributed by atoms with Gasteiger partial charge in [-0.3, -0.25) is 10.1 Å². The summed E-state index contributed by atoms with van der Waals surface area (Å²) in [6, 6.07) is 0. The van der Waals surface area contributed by atoms with E-state index in [1.54, 1.807) is 22.6 Å². The molecular weight excluding hydrogens is 329 g/mol. The van der Waals surface area contributed by atoms with Crippen molar-refractivity contribution in [3.05, 3.63) is 43.4 Å². The normalized spacial score (nSPS) is 12.8. The molecule has 88 valence electrons. The first-order valence-electron chi connectivity index (χ1n) is 4.00. The number of hydrogen-bond donors (Lipinski definition) is 1. The average molecular weight is 339 g/mol. The van der Waals surface area contributed by atoms with E-state index in [9.17, 15) is 20.0 Å². The van der Waals surface area contributed by atoms with Crippen molar-refractivity contribution in [2.24, 2.45) is 0 Å². The summed E-state index contributed by atoms with van der Waals surface area (Å²) < 4.78 is 4.68. The molecule has 0 saturated carbocycles. The minimum atomic E-state index is -0.845. The fourth-order valence-electron chi connectivity index (χ4n) is 0.722. The molecule has 0 atom stereocenters. The van der Waals surface area contributed by atoms with E-state index >= 15 is 0 Å². The van der Waals surface area contributed by atoms with Crippen molar-refractivity contribution in [2.75, 3.05) is 7.11 Å². The Morgan fingerprint density at radius 2 is 2.12 bits per heavy atom. The highest BCUT2D eigenvalue weighted by atomic mass is 127. The topological polar surface area (TPSA) is 89.7 Å². The smallest absolute Gasteiger partial charge is 0.341 e. The summed E-state index contributed by atoms with van der Waals surface area (Å²) in [5.74, 6) is -1.43. The molecule has 0 radical (unpaired) electrons. The van der Waals surface area contributed by atoms with Crippen molar-refractivity contribution in [1.82, 2.24) is 0 Å². The summed E-state index contributed by atoms with van der Waals surface area (Å²) >= 11 is 1.74. The van der Waals surface area contributed by atoms with E-state index in [2.05, 4.69) is 11.3 Å². The van der Waals surface area contributed by atoms with E-state index in [0.29, 0.717) is 3.58 Å². The van der Waals surface area contributed by atoms with Gasteiger partial charge in [0, 0.05) is 0 Å². The number of aliphatic hydroxyl groups is 1. The van der Waals surface area contributed by atoms with Crippen molar-refractivity contribution in [3.63, 3.8) is 0 Å². The molecule has 0 rings (SSSR count). The number of nitrogens with zero attached hydrogens (tertiary/aromatic N) is 1. The maximum Gasteiger partial charge on any atom is 0.341 e. The lowest BCUT2D eigenvalue weighted by Gasteiger charge is -2.01. The fourth-order valence-corrected chi connectivity index (χ4v) is 1.07. The molecular formula is C9H10INO5. The molecule has 0 aromatic heterocycles. The second-order valence-corrected chi connectivity index (χ2v) is 4.29. The molecule has 0 unspecified atom stereocenters. The molecule has 16 heavy (non-hydrogen) atoms. The Balaban J connectivity index is 5.19. The number of carbonyl (C=O) groups excluding carboxylic acids is 1. The maximum atomic E-state index is 11.0. The van der Waals surface area contributed by atoms with E-state index < -0.39 is 16.7 Å². The van der Waals surface area contributed by atoms with Crippen LogP contribution in [0.2, 0.25) is 0 Å². The van der Waals surface area contributed by atoms with Gasteiger partial charge in [-0.25, -0.2) is 4.79 Å². The van der Waals surface area contributed by atoms with Crippen LogP contribution >= 0.6 is 22.6 Å². The lowest BCUT2D eigenvalue weighted by atomic mass is 10.2. The Bertz CT molecular complexity index is 393. The molecule has 1 N–H and O–H groups in total. The highest BCUT2D eigenvalue weighted by Crippen LogP contribution is 2.17. The van der Waals surface area contributed by atoms with E-state index in [-0.39, 0.29) is 11.3 Å². The third-order valence-corrected chi connectivity index (χ3v) is 2.12. The lowest BCUT2D eigenvalue weighted by molar-refractivity contribution is -0.419. The molecule has 0 bridgehead atoms. The zero-order valence-electron chi connectivity index (χ0n) is 8.69. The third kappa shape index (κ3) is 4.01. The number of allylic oxidation sites excluding steroid dienone is 2. The monoisotopic (exact) mass is 339 g/mol. The van der Waals surface area contributed by atoms with Crippen LogP contribution in [0.25, 0.3) is 0 Å². The number of ether oxygens (including phenoxy) is 1. The molecule has 0 saturated heterocycles. The molecule has 0 aliphatic carbocycles. The summed E-state index contributed by atoms with van der Waals surface area (Å²) in [6.45, 7) is 4.76. The maximum absolute atomic E-state index is 11.0. The van der Waals surface area contributed by atoms with Gasteiger partial charge in [0.25, 0.3) is 5.70 Å². The van der Waals surface area contributed by atoms with Crippen LogP contribution in [0.1, 0.15) is 6.92 Å². The summed E-state index contributed by atoms with van der Waals surface area (Å²) in [5.41, 5.74) is -0.636. The number of rotatable bonds is 4. The third-order valence-electron chi connectivity index (χ3n) is 1.56. The van der Waals surface area contributed by atoms with Crippen molar-refractivity contribution < 1.29 is 19.6 Å². The Labute approximate surface area is 106 Å². The fraction of sp³-hybridized carbons (Fsp3) is 0.222. The van der Waals surface area contributed by atoms with Gasteiger partial charge in [0.2, 0.25) is 0 Å². The number of esters is 1. The molecule has 0 amide bonds. The van der Waals surface area contributed by atoms with Gasteiger partial charge in [-0.1, -0.05) is 6.58 Å². The van der Waals surface area contributed by atoms with E-state index in [1.165, 1.54) is 6.92 Å². The number of carbonyl (C=O) groups is 1. The van der Waals surface area contributed by atoms with Gasteiger partial charge < -0.3 is 9.84 Å². The molecule has 0 aliphatic heterocycles. The SMILES string of the molecule is C=C(C(=O)OC)/C(O)=C\C(=C(/C)I)[N+](=O)[O-]. The second-order valence-electron chi connectivity index (χ2n) is 2.68. The van der Waals surface area contributed by atoms with E-state index in [1.807, 2.05) is 0 Å². The standard InChI is InChI=1S/C9H10INO5/c1-5(9(13)16-3)8(12)4-7(6(2)10)11(14)15/h4,12H,1H2,2-3H3/b7-6-,8-4+. The minimum absolute atomic E-state index is 0.303. The largest absolute Gasteiger partial charge is 0.507 e. The molecule has 0 fully saturated rings. The van der Waals surface area contributed by atoms with Gasteiger partial charge >= 0.3 is 5.97 Å². The van der Waals surface area contributed by atoms with Gasteiger partial charge in [-0.2, -0.15) is 0 Å². The first-order chi connectivity index (χ1) is 7.31. The van der Waals surface area contributed by atoms with Gasteiger partial charge in [-0.05, 0) is 29.5 Å². The van der Waals surface area contributed by atoms with Crippen LogP contribution in [0.15, 0.2) is 33.3 Å². The second kappa shape index (κ2) is 6.26. The van der Waals surface area contributed by atoms with Gasteiger partial charge in [0.15, 0.2) is 0 Å². The van der Waals surface area contributed by atoms with Gasteiger partial charge in [0.05, 0.1) is 27.3 Å². The first kappa shape index (κ1) is 14.6. The Kier molecular flexibility index (Phi) is 5.72. The van der Waals surface area contributed by atoms with Gasteiger partial charge in [0.1, 0.15) is 5.76 Å². The molecule has 6 nitrogen and oxygen atoms in total. The molecule has 0 aliphatic rings. The number of hydrogen-bond acceptors (Lipinski definition) is 5. The zero-order valence-corrected chi connectivity index (χ0v) is 10.8. The lowest BCUT2D eigenvalue weighted by Crippen LogP contribution is -2.07. The Hall–Kier alpha value is -1.38. The van der Waals surface area contributed by atoms with Crippen LogP contribution in [-0.2, 0) is 9.53 Å². The summed E-state index contributed by atoms with van der Waals surface area (Å²) in [4.78, 5) is 20.9. The Morgan fingerprint density at radius 1 is 1.62 bits per heavy atom. The molecule has 0 aromatic rings. The van der Waals surface area contributed by atoms with Crippen LogP contribution < -0.4 is 0 Å². The predicted molar refractivity (Wildman–Crippen MR) is 65.6 cm³/mol. The quantitative estimate of drug-likeness (QED) is 0.161. The van der Waals surface area contributed by atoms with Crippen LogP contribution in [0.5, 0.6) is 0 Å². The van der Waals surface area contributed by atoms with Crippen molar-refractivity contribution in [1.29, 1.82) is 0 Å². The van der Waals surface area contributed by atoms with Crippen LogP contribution in [0.4, 0.5) is 0 Å². The zero-order chi connectivity index (χ0) is 12.9. The number of nitro groups is 1. The van der Waals surface area contributed by atoms with Crippen molar-refractivity contribution >= 4 is 28.6 Å². The van der Waals surface area contributed by atoms with E-state index in [4.69, 9.17) is 0 Å². The first-order valence-corrected chi connectivity index (χ1v) is 5.08. The summed E-state index contributed by atoms with van der Waals surface area (Å²) in [6.07, 6.45) is 0.862. The molecule has 0 aromatic carbocycles.